The monoisotopic (exact) mass is 404 g/mol. The van der Waals surface area contributed by atoms with Crippen LogP contribution in [0, 0.1) is 11.7 Å². The van der Waals surface area contributed by atoms with Gasteiger partial charge in [-0.25, -0.2) is 9.37 Å². The van der Waals surface area contributed by atoms with Crippen molar-refractivity contribution in [3.63, 3.8) is 0 Å². The molecule has 0 amide bonds. The zero-order chi connectivity index (χ0) is 18.8. The molecule has 3 aromatic rings. The van der Waals surface area contributed by atoms with Gasteiger partial charge in [0.1, 0.15) is 22.2 Å². The second-order valence-electron chi connectivity index (χ2n) is 6.90. The molecule has 0 saturated carbocycles. The van der Waals surface area contributed by atoms with Crippen molar-refractivity contribution in [3.05, 3.63) is 56.7 Å². The van der Waals surface area contributed by atoms with Crippen molar-refractivity contribution >= 4 is 33.3 Å². The lowest BCUT2D eigenvalue weighted by Gasteiger charge is -2.17. The van der Waals surface area contributed by atoms with E-state index in [1.807, 2.05) is 0 Å². The van der Waals surface area contributed by atoms with E-state index in [-0.39, 0.29) is 11.4 Å². The van der Waals surface area contributed by atoms with E-state index < -0.39 is 0 Å². The molecule has 2 aromatic heterocycles. The van der Waals surface area contributed by atoms with Crippen LogP contribution in [-0.4, -0.2) is 22.3 Å². The molecule has 2 heterocycles. The molecule has 4 rings (SSSR count). The second-order valence-corrected chi connectivity index (χ2v) is 9.09. The van der Waals surface area contributed by atoms with Crippen LogP contribution in [-0.2, 0) is 18.6 Å². The average Bonchev–Trinajstić information content (AvgIpc) is 3.00. The molecule has 0 spiro atoms. The third-order valence-electron chi connectivity index (χ3n) is 4.76. The highest BCUT2D eigenvalue weighted by Gasteiger charge is 2.22. The number of aryl methyl sites for hydroxylation is 1. The minimum Gasteiger partial charge on any atom is -0.493 e. The molecule has 1 aliphatic rings. The number of hydrogen-bond donors (Lipinski definition) is 1. The first kappa shape index (κ1) is 18.5. The van der Waals surface area contributed by atoms with Gasteiger partial charge in [-0.05, 0) is 55.0 Å². The first-order chi connectivity index (χ1) is 13.1. The van der Waals surface area contributed by atoms with Gasteiger partial charge in [0.2, 0.25) is 0 Å². The molecule has 0 saturated heterocycles. The Morgan fingerprint density at radius 3 is 3.00 bits per heavy atom. The summed E-state index contributed by atoms with van der Waals surface area (Å²) in [6, 6.07) is 6.00. The lowest BCUT2D eigenvalue weighted by molar-refractivity contribution is 0.343. The number of fused-ring (bicyclic) bond motifs is 3. The molecule has 7 heteroatoms. The Kier molecular flexibility index (Phi) is 5.50. The van der Waals surface area contributed by atoms with E-state index in [1.54, 1.807) is 35.2 Å². The molecule has 1 N–H and O–H groups in total. The maximum absolute atomic E-state index is 12.9. The SMILES string of the molecule is C[C@@H]1CCc2c(sc3nc(CSCCOc4ccc(F)cc4)[nH]c(=O)c23)C1. The van der Waals surface area contributed by atoms with E-state index in [0.29, 0.717) is 29.9 Å². The number of rotatable bonds is 6. The molecule has 0 unspecified atom stereocenters. The van der Waals surface area contributed by atoms with E-state index in [1.165, 1.54) is 22.6 Å². The third kappa shape index (κ3) is 4.19. The van der Waals surface area contributed by atoms with Crippen LogP contribution in [0.1, 0.15) is 29.6 Å². The lowest BCUT2D eigenvalue weighted by atomic mass is 9.89. The highest BCUT2D eigenvalue weighted by atomic mass is 32.2. The van der Waals surface area contributed by atoms with Crippen molar-refractivity contribution in [2.45, 2.75) is 31.9 Å². The van der Waals surface area contributed by atoms with Gasteiger partial charge < -0.3 is 9.72 Å². The molecule has 0 fully saturated rings. The summed E-state index contributed by atoms with van der Waals surface area (Å²) < 4.78 is 18.4. The van der Waals surface area contributed by atoms with Gasteiger partial charge in [-0.15, -0.1) is 11.3 Å². The molecule has 1 atom stereocenters. The molecule has 4 nitrogen and oxygen atoms in total. The predicted octanol–water partition coefficient (Wildman–Crippen LogP) is 4.56. The average molecular weight is 405 g/mol. The van der Waals surface area contributed by atoms with Crippen LogP contribution in [0.3, 0.4) is 0 Å². The highest BCUT2D eigenvalue weighted by molar-refractivity contribution is 7.98. The van der Waals surface area contributed by atoms with Crippen LogP contribution in [0.2, 0.25) is 0 Å². The summed E-state index contributed by atoms with van der Waals surface area (Å²) in [6.45, 7) is 2.79. The van der Waals surface area contributed by atoms with Crippen molar-refractivity contribution < 1.29 is 9.13 Å². The number of nitrogens with one attached hydrogen (secondary N) is 1. The maximum Gasteiger partial charge on any atom is 0.259 e. The van der Waals surface area contributed by atoms with E-state index in [0.717, 1.165) is 35.2 Å². The van der Waals surface area contributed by atoms with Crippen LogP contribution < -0.4 is 10.3 Å². The van der Waals surface area contributed by atoms with Gasteiger partial charge >= 0.3 is 0 Å². The maximum atomic E-state index is 12.9. The van der Waals surface area contributed by atoms with Gasteiger partial charge in [0, 0.05) is 10.6 Å². The molecule has 1 aromatic carbocycles. The minimum atomic E-state index is -0.271. The van der Waals surface area contributed by atoms with Crippen molar-refractivity contribution in [2.24, 2.45) is 5.92 Å². The van der Waals surface area contributed by atoms with Crippen molar-refractivity contribution in [1.29, 1.82) is 0 Å². The number of ether oxygens (including phenoxy) is 1. The zero-order valence-electron chi connectivity index (χ0n) is 15.1. The zero-order valence-corrected chi connectivity index (χ0v) is 16.7. The Hall–Kier alpha value is -1.86. The Labute approximate surface area is 165 Å². The van der Waals surface area contributed by atoms with Gasteiger partial charge in [-0.3, -0.25) is 4.79 Å². The van der Waals surface area contributed by atoms with E-state index in [4.69, 9.17) is 9.72 Å². The summed E-state index contributed by atoms with van der Waals surface area (Å²) >= 11 is 3.33. The second kappa shape index (κ2) is 8.02. The normalized spacial score (nSPS) is 16.4. The number of H-pyrrole nitrogens is 1. The third-order valence-corrected chi connectivity index (χ3v) is 6.84. The van der Waals surface area contributed by atoms with Gasteiger partial charge in [-0.1, -0.05) is 6.92 Å². The number of nitrogens with zero attached hydrogens (tertiary/aromatic N) is 1. The van der Waals surface area contributed by atoms with Crippen LogP contribution in [0.4, 0.5) is 4.39 Å². The van der Waals surface area contributed by atoms with Crippen LogP contribution in [0.25, 0.3) is 10.2 Å². The largest absolute Gasteiger partial charge is 0.493 e. The molecular formula is C20H21FN2O2S2. The minimum absolute atomic E-state index is 0.00906. The molecular weight excluding hydrogens is 383 g/mol. The fourth-order valence-corrected chi connectivity index (χ4v) is 5.46. The van der Waals surface area contributed by atoms with Crippen LogP contribution in [0.5, 0.6) is 5.75 Å². The number of aromatic amines is 1. The van der Waals surface area contributed by atoms with E-state index in [9.17, 15) is 9.18 Å². The molecule has 142 valence electrons. The van der Waals surface area contributed by atoms with E-state index in [2.05, 4.69) is 11.9 Å². The molecule has 27 heavy (non-hydrogen) atoms. The fourth-order valence-electron chi connectivity index (χ4n) is 3.38. The lowest BCUT2D eigenvalue weighted by Crippen LogP contribution is -2.14. The number of halogens is 1. The van der Waals surface area contributed by atoms with Gasteiger partial charge in [0.25, 0.3) is 5.56 Å². The first-order valence-electron chi connectivity index (χ1n) is 9.09. The number of benzene rings is 1. The predicted molar refractivity (Wildman–Crippen MR) is 109 cm³/mol. The Bertz CT molecular complexity index is 998. The summed E-state index contributed by atoms with van der Waals surface area (Å²) in [4.78, 5) is 22.4. The fraction of sp³-hybridized carbons (Fsp3) is 0.400. The molecule has 0 radical (unpaired) electrons. The quantitative estimate of drug-likeness (QED) is 0.612. The molecule has 0 aliphatic heterocycles. The van der Waals surface area contributed by atoms with Crippen molar-refractivity contribution in [1.82, 2.24) is 9.97 Å². The summed E-state index contributed by atoms with van der Waals surface area (Å²) in [6.07, 6.45) is 3.18. The van der Waals surface area contributed by atoms with Crippen molar-refractivity contribution in [3.8, 4) is 5.75 Å². The standard InChI is InChI=1S/C20H21FN2O2S2/c1-12-2-7-15-16(10-12)27-20-18(15)19(24)22-17(23-20)11-26-9-8-25-14-5-3-13(21)4-6-14/h3-6,12H,2,7-11H2,1H3,(H,22,23,24)/t12-/m1/s1. The number of aromatic nitrogens is 2. The molecule has 0 bridgehead atoms. The van der Waals surface area contributed by atoms with Crippen LogP contribution >= 0.6 is 23.1 Å². The van der Waals surface area contributed by atoms with Crippen LogP contribution in [0.15, 0.2) is 29.1 Å². The van der Waals surface area contributed by atoms with Gasteiger partial charge in [-0.2, -0.15) is 11.8 Å². The number of thioether (sulfide) groups is 1. The Morgan fingerprint density at radius 1 is 1.37 bits per heavy atom. The van der Waals surface area contributed by atoms with Gasteiger partial charge in [0.15, 0.2) is 0 Å². The number of hydrogen-bond acceptors (Lipinski definition) is 5. The molecule has 1 aliphatic carbocycles. The summed E-state index contributed by atoms with van der Waals surface area (Å²) in [5.41, 5.74) is 1.21. The Balaban J connectivity index is 1.36. The Morgan fingerprint density at radius 2 is 2.19 bits per heavy atom. The summed E-state index contributed by atoms with van der Waals surface area (Å²) in [5, 5.41) is 0.801. The summed E-state index contributed by atoms with van der Waals surface area (Å²) in [5.74, 6) is 3.18. The number of thiophene rings is 1. The smallest absolute Gasteiger partial charge is 0.259 e. The first-order valence-corrected chi connectivity index (χ1v) is 11.1. The van der Waals surface area contributed by atoms with E-state index >= 15 is 0 Å². The highest BCUT2D eigenvalue weighted by Crippen LogP contribution is 2.35. The van der Waals surface area contributed by atoms with Gasteiger partial charge in [0.05, 0.1) is 17.7 Å². The summed E-state index contributed by atoms with van der Waals surface area (Å²) in [7, 11) is 0. The topological polar surface area (TPSA) is 55.0 Å². The van der Waals surface area contributed by atoms with Crippen molar-refractivity contribution in [2.75, 3.05) is 12.4 Å².